The highest BCUT2D eigenvalue weighted by Crippen LogP contribution is 2.31. The van der Waals surface area contributed by atoms with E-state index in [1.54, 1.807) is 18.4 Å². The number of piperidine rings is 1. The summed E-state index contributed by atoms with van der Waals surface area (Å²) in [5, 5.41) is 5.09. The molecule has 1 amide bonds. The molecule has 3 heterocycles. The van der Waals surface area contributed by atoms with Crippen LogP contribution < -0.4 is 5.32 Å². The van der Waals surface area contributed by atoms with Gasteiger partial charge < -0.3 is 19.7 Å². The summed E-state index contributed by atoms with van der Waals surface area (Å²) < 4.78 is 11.2. The zero-order chi connectivity index (χ0) is 16.1. The number of carbonyl (C=O) groups is 1. The van der Waals surface area contributed by atoms with Crippen LogP contribution in [0.1, 0.15) is 17.7 Å². The molecule has 0 spiro atoms. The second-order valence-corrected chi connectivity index (χ2v) is 7.48. The van der Waals surface area contributed by atoms with E-state index in [0.29, 0.717) is 25.2 Å². The number of carbonyl (C=O) groups excluding carboxylic acids is 1. The maximum atomic E-state index is 12.4. The number of nitrogens with zero attached hydrogens (tertiary/aromatic N) is 1. The largest absolute Gasteiger partial charge is 0.383 e. The molecule has 2 fully saturated rings. The maximum Gasteiger partial charge on any atom is 0.225 e. The molecule has 0 aliphatic carbocycles. The molecular weight excluding hydrogens is 312 g/mol. The number of amides is 1. The summed E-state index contributed by atoms with van der Waals surface area (Å²) in [6, 6.07) is 4.06. The van der Waals surface area contributed by atoms with Gasteiger partial charge in [0.05, 0.1) is 31.8 Å². The molecule has 3 rings (SSSR count). The van der Waals surface area contributed by atoms with Crippen molar-refractivity contribution >= 4 is 17.2 Å². The van der Waals surface area contributed by atoms with Gasteiger partial charge in [-0.3, -0.25) is 4.79 Å². The Labute approximate surface area is 142 Å². The third-order valence-electron chi connectivity index (χ3n) is 4.85. The zero-order valence-corrected chi connectivity index (χ0v) is 14.5. The first-order valence-electron chi connectivity index (χ1n) is 8.39. The molecule has 128 valence electrons. The highest BCUT2D eigenvalue weighted by Gasteiger charge is 2.37. The lowest BCUT2D eigenvalue weighted by Crippen LogP contribution is -2.50. The topological polar surface area (TPSA) is 50.8 Å². The molecule has 2 aliphatic heterocycles. The molecule has 3 atom stereocenters. The number of likely N-dealkylation sites (tertiary alicyclic amines) is 1. The zero-order valence-electron chi connectivity index (χ0n) is 13.7. The number of ether oxygens (including phenoxy) is 2. The fraction of sp³-hybridized carbons (Fsp3) is 0.706. The predicted molar refractivity (Wildman–Crippen MR) is 90.4 cm³/mol. The Kier molecular flexibility index (Phi) is 6.05. The van der Waals surface area contributed by atoms with Gasteiger partial charge in [0.25, 0.3) is 0 Å². The minimum Gasteiger partial charge on any atom is -0.383 e. The quantitative estimate of drug-likeness (QED) is 0.858. The number of nitrogens with one attached hydrogen (secondary N) is 1. The van der Waals surface area contributed by atoms with Crippen molar-refractivity contribution in [1.82, 2.24) is 10.2 Å². The van der Waals surface area contributed by atoms with Crippen LogP contribution in [0.25, 0.3) is 0 Å². The average molecular weight is 338 g/mol. The fourth-order valence-corrected chi connectivity index (χ4v) is 4.19. The Balaban J connectivity index is 1.47. The summed E-state index contributed by atoms with van der Waals surface area (Å²) in [4.78, 5) is 16.0. The molecule has 1 N–H and O–H groups in total. The van der Waals surface area contributed by atoms with Crippen molar-refractivity contribution in [3.8, 4) is 0 Å². The second-order valence-electron chi connectivity index (χ2n) is 6.44. The number of hydrogen-bond donors (Lipinski definition) is 1. The van der Waals surface area contributed by atoms with E-state index < -0.39 is 0 Å². The second kappa shape index (κ2) is 8.24. The van der Waals surface area contributed by atoms with Crippen LogP contribution in [0.5, 0.6) is 0 Å². The van der Waals surface area contributed by atoms with E-state index in [2.05, 4.69) is 10.2 Å². The molecule has 23 heavy (non-hydrogen) atoms. The summed E-state index contributed by atoms with van der Waals surface area (Å²) in [5.74, 6) is 0.580. The number of thiophene rings is 1. The molecule has 0 radical (unpaired) electrons. The van der Waals surface area contributed by atoms with Crippen LogP contribution in [-0.4, -0.2) is 56.9 Å². The van der Waals surface area contributed by atoms with Gasteiger partial charge in [0.2, 0.25) is 5.91 Å². The van der Waals surface area contributed by atoms with E-state index in [1.165, 1.54) is 4.88 Å². The van der Waals surface area contributed by atoms with Gasteiger partial charge in [0.1, 0.15) is 0 Å². The van der Waals surface area contributed by atoms with E-state index >= 15 is 0 Å². The van der Waals surface area contributed by atoms with Crippen molar-refractivity contribution in [2.45, 2.75) is 25.5 Å². The Hall–Kier alpha value is -0.950. The van der Waals surface area contributed by atoms with Crippen molar-refractivity contribution in [3.05, 3.63) is 22.4 Å². The lowest BCUT2D eigenvalue weighted by molar-refractivity contribution is -0.139. The minimum absolute atomic E-state index is 0.0152. The molecule has 6 heteroatoms. The summed E-state index contributed by atoms with van der Waals surface area (Å²) in [6.07, 6.45) is 2.33. The van der Waals surface area contributed by atoms with Crippen LogP contribution >= 0.6 is 11.3 Å². The van der Waals surface area contributed by atoms with Gasteiger partial charge in [-0.15, -0.1) is 11.3 Å². The molecule has 2 aliphatic rings. The van der Waals surface area contributed by atoms with Gasteiger partial charge in [-0.1, -0.05) is 6.07 Å². The van der Waals surface area contributed by atoms with Gasteiger partial charge >= 0.3 is 0 Å². The summed E-state index contributed by atoms with van der Waals surface area (Å²) in [7, 11) is 1.74. The predicted octanol–water partition coefficient (Wildman–Crippen LogP) is 1.74. The standard InChI is InChI=1S/C17H26N2O3S/c1-21-7-6-19-5-4-16-13(11-19)9-14(12-22-16)17(20)18-10-15-3-2-8-23-15/h2-3,8,13-14,16H,4-7,9-12H2,1H3,(H,18,20)/t13-,14-,16+/m0/s1. The summed E-state index contributed by atoms with van der Waals surface area (Å²) in [6.45, 7) is 5.01. The van der Waals surface area contributed by atoms with Crippen molar-refractivity contribution < 1.29 is 14.3 Å². The number of hydrogen-bond acceptors (Lipinski definition) is 5. The van der Waals surface area contributed by atoms with E-state index in [-0.39, 0.29) is 11.8 Å². The van der Waals surface area contributed by atoms with Gasteiger partial charge in [0, 0.05) is 31.6 Å². The number of fused-ring (bicyclic) bond motifs is 1. The Morgan fingerprint density at radius 1 is 1.57 bits per heavy atom. The van der Waals surface area contributed by atoms with Crippen molar-refractivity contribution in [3.63, 3.8) is 0 Å². The summed E-state index contributed by atoms with van der Waals surface area (Å²) in [5.41, 5.74) is 0. The lowest BCUT2D eigenvalue weighted by atomic mass is 9.83. The third-order valence-corrected chi connectivity index (χ3v) is 5.72. The SMILES string of the molecule is COCCN1CC[C@H]2OC[C@@H](C(=O)NCc3cccs3)C[C@H]2C1. The van der Waals surface area contributed by atoms with Crippen molar-refractivity contribution in [2.24, 2.45) is 11.8 Å². The Morgan fingerprint density at radius 3 is 3.26 bits per heavy atom. The Bertz CT molecular complexity index is 494. The minimum atomic E-state index is -0.0152. The van der Waals surface area contributed by atoms with Crippen LogP contribution in [0, 0.1) is 11.8 Å². The first-order valence-corrected chi connectivity index (χ1v) is 9.27. The number of rotatable bonds is 6. The molecular formula is C17H26N2O3S. The molecule has 5 nitrogen and oxygen atoms in total. The van der Waals surface area contributed by atoms with Crippen molar-refractivity contribution in [2.75, 3.05) is 40.0 Å². The monoisotopic (exact) mass is 338 g/mol. The van der Waals surface area contributed by atoms with Crippen LogP contribution in [0.3, 0.4) is 0 Å². The smallest absolute Gasteiger partial charge is 0.225 e. The number of methoxy groups -OCH3 is 1. The van der Waals surface area contributed by atoms with Crippen LogP contribution in [0.2, 0.25) is 0 Å². The van der Waals surface area contributed by atoms with Crippen LogP contribution in [0.4, 0.5) is 0 Å². The third kappa shape index (κ3) is 4.53. The van der Waals surface area contributed by atoms with E-state index in [4.69, 9.17) is 9.47 Å². The summed E-state index contributed by atoms with van der Waals surface area (Å²) >= 11 is 1.67. The molecule has 0 saturated carbocycles. The maximum absolute atomic E-state index is 12.4. The van der Waals surface area contributed by atoms with Crippen LogP contribution in [-0.2, 0) is 20.8 Å². The molecule has 1 aromatic heterocycles. The Morgan fingerprint density at radius 2 is 2.48 bits per heavy atom. The molecule has 1 aromatic rings. The lowest BCUT2D eigenvalue weighted by Gasteiger charge is -2.43. The van der Waals surface area contributed by atoms with E-state index in [9.17, 15) is 4.79 Å². The molecule has 2 saturated heterocycles. The van der Waals surface area contributed by atoms with Crippen LogP contribution in [0.15, 0.2) is 17.5 Å². The highest BCUT2D eigenvalue weighted by molar-refractivity contribution is 7.09. The average Bonchev–Trinajstić information content (AvgIpc) is 3.10. The molecule has 0 bridgehead atoms. The molecule has 0 unspecified atom stereocenters. The van der Waals surface area contributed by atoms with E-state index in [0.717, 1.165) is 39.1 Å². The first kappa shape index (κ1) is 16.9. The normalized spacial score (nSPS) is 28.3. The first-order chi connectivity index (χ1) is 11.3. The molecule has 0 aromatic carbocycles. The van der Waals surface area contributed by atoms with Gasteiger partial charge in [-0.2, -0.15) is 0 Å². The van der Waals surface area contributed by atoms with Crippen molar-refractivity contribution in [1.29, 1.82) is 0 Å². The van der Waals surface area contributed by atoms with Gasteiger partial charge in [-0.25, -0.2) is 0 Å². The fourth-order valence-electron chi connectivity index (χ4n) is 3.54. The van der Waals surface area contributed by atoms with Gasteiger partial charge in [0.15, 0.2) is 0 Å². The van der Waals surface area contributed by atoms with E-state index in [1.807, 2.05) is 17.5 Å². The highest BCUT2D eigenvalue weighted by atomic mass is 32.1. The van der Waals surface area contributed by atoms with Gasteiger partial charge in [-0.05, 0) is 30.2 Å².